The first-order valence-corrected chi connectivity index (χ1v) is 9.74. The summed E-state index contributed by atoms with van der Waals surface area (Å²) in [6, 6.07) is 16.0. The molecule has 0 saturated carbocycles. The van der Waals surface area contributed by atoms with Gasteiger partial charge in [0.2, 0.25) is 0 Å². The highest BCUT2D eigenvalue weighted by Gasteiger charge is 2.17. The normalized spacial score (nSPS) is 14.8. The lowest BCUT2D eigenvalue weighted by Crippen LogP contribution is -2.35. The van der Waals surface area contributed by atoms with Crippen LogP contribution in [-0.2, 0) is 5.75 Å². The number of hydrogen-bond donors (Lipinski definition) is 1. The fourth-order valence-corrected chi connectivity index (χ4v) is 4.01. The fourth-order valence-electron chi connectivity index (χ4n) is 3.17. The highest BCUT2D eigenvalue weighted by Crippen LogP contribution is 2.23. The van der Waals surface area contributed by atoms with Crippen LogP contribution in [0.5, 0.6) is 0 Å². The molecule has 0 unspecified atom stereocenters. The van der Waals surface area contributed by atoms with Crippen molar-refractivity contribution >= 4 is 28.7 Å². The summed E-state index contributed by atoms with van der Waals surface area (Å²) in [5.74, 6) is 0.994. The molecule has 1 saturated heterocycles. The molecule has 3 aromatic rings. The van der Waals surface area contributed by atoms with Crippen molar-refractivity contribution in [1.82, 2.24) is 14.9 Å². The quantitative estimate of drug-likeness (QED) is 0.705. The topological polar surface area (TPSA) is 49.0 Å². The summed E-state index contributed by atoms with van der Waals surface area (Å²) in [5.41, 5.74) is 4.04. The van der Waals surface area contributed by atoms with Gasteiger partial charge in [0, 0.05) is 24.4 Å². The maximum atomic E-state index is 12.5. The third-order valence-electron chi connectivity index (χ3n) is 4.59. The Balaban J connectivity index is 1.39. The Labute approximate surface area is 151 Å². The lowest BCUT2D eigenvalue weighted by atomic mass is 10.1. The molecule has 2 aromatic carbocycles. The summed E-state index contributed by atoms with van der Waals surface area (Å²) in [5, 5.41) is 0.926. The fraction of sp³-hybridized carbons (Fsp3) is 0.300. The maximum Gasteiger partial charge on any atom is 0.253 e. The molecule has 25 heavy (non-hydrogen) atoms. The molecule has 0 spiro atoms. The zero-order chi connectivity index (χ0) is 17.1. The highest BCUT2D eigenvalue weighted by molar-refractivity contribution is 7.98. The van der Waals surface area contributed by atoms with Gasteiger partial charge < -0.3 is 9.88 Å². The van der Waals surface area contributed by atoms with Gasteiger partial charge in [0.05, 0.1) is 11.0 Å². The highest BCUT2D eigenvalue weighted by atomic mass is 32.2. The number of piperidine rings is 1. The average molecular weight is 351 g/mol. The number of aromatic nitrogens is 2. The number of fused-ring (bicyclic) bond motifs is 1. The molecule has 2 heterocycles. The zero-order valence-electron chi connectivity index (χ0n) is 14.1. The van der Waals surface area contributed by atoms with E-state index in [0.717, 1.165) is 53.4 Å². The lowest BCUT2D eigenvalue weighted by Gasteiger charge is -2.26. The minimum atomic E-state index is 0.163. The van der Waals surface area contributed by atoms with Gasteiger partial charge in [0.25, 0.3) is 5.91 Å². The minimum Gasteiger partial charge on any atom is -0.339 e. The monoisotopic (exact) mass is 351 g/mol. The number of thioether (sulfide) groups is 1. The van der Waals surface area contributed by atoms with Crippen molar-refractivity contribution in [3.8, 4) is 0 Å². The predicted octanol–water partition coefficient (Wildman–Crippen LogP) is 4.48. The van der Waals surface area contributed by atoms with E-state index >= 15 is 0 Å². The van der Waals surface area contributed by atoms with Gasteiger partial charge in [-0.15, -0.1) is 0 Å². The molecule has 1 amide bonds. The van der Waals surface area contributed by atoms with Crippen molar-refractivity contribution in [1.29, 1.82) is 0 Å². The van der Waals surface area contributed by atoms with Crippen LogP contribution in [0.1, 0.15) is 35.2 Å². The number of carbonyl (C=O) groups excluding carboxylic acids is 1. The molecule has 4 nitrogen and oxygen atoms in total. The number of rotatable bonds is 4. The summed E-state index contributed by atoms with van der Waals surface area (Å²) < 4.78 is 0. The first-order chi connectivity index (χ1) is 12.3. The summed E-state index contributed by atoms with van der Waals surface area (Å²) >= 11 is 1.68. The third kappa shape index (κ3) is 3.71. The second-order valence-electron chi connectivity index (χ2n) is 6.40. The first kappa shape index (κ1) is 16.2. The number of nitrogens with zero attached hydrogens (tertiary/aromatic N) is 2. The van der Waals surface area contributed by atoms with E-state index in [1.165, 1.54) is 12.0 Å². The van der Waals surface area contributed by atoms with Gasteiger partial charge in [-0.25, -0.2) is 4.98 Å². The second-order valence-corrected chi connectivity index (χ2v) is 7.36. The number of likely N-dealkylation sites (tertiary alicyclic amines) is 1. The van der Waals surface area contributed by atoms with E-state index in [2.05, 4.69) is 9.97 Å². The molecule has 1 fully saturated rings. The van der Waals surface area contributed by atoms with Crippen LogP contribution < -0.4 is 0 Å². The Morgan fingerprint density at radius 3 is 2.56 bits per heavy atom. The Morgan fingerprint density at radius 1 is 1.04 bits per heavy atom. The van der Waals surface area contributed by atoms with Gasteiger partial charge in [-0.3, -0.25) is 4.79 Å². The van der Waals surface area contributed by atoms with Crippen molar-refractivity contribution in [2.75, 3.05) is 13.1 Å². The minimum absolute atomic E-state index is 0.163. The van der Waals surface area contributed by atoms with Gasteiger partial charge in [0.15, 0.2) is 5.16 Å². The molecule has 0 radical (unpaired) electrons. The molecule has 128 valence electrons. The van der Waals surface area contributed by atoms with E-state index in [9.17, 15) is 4.79 Å². The second kappa shape index (κ2) is 7.31. The first-order valence-electron chi connectivity index (χ1n) is 8.75. The number of nitrogens with one attached hydrogen (secondary N) is 1. The molecular formula is C20H21N3OS. The summed E-state index contributed by atoms with van der Waals surface area (Å²) in [4.78, 5) is 22.4. The maximum absolute atomic E-state index is 12.5. The predicted molar refractivity (Wildman–Crippen MR) is 102 cm³/mol. The molecule has 1 aliphatic rings. The number of amides is 1. The molecule has 1 aromatic heterocycles. The zero-order valence-corrected chi connectivity index (χ0v) is 14.9. The number of hydrogen-bond acceptors (Lipinski definition) is 3. The van der Waals surface area contributed by atoms with Gasteiger partial charge in [0.1, 0.15) is 0 Å². The molecule has 0 atom stereocenters. The Hall–Kier alpha value is -2.27. The van der Waals surface area contributed by atoms with Crippen molar-refractivity contribution in [2.24, 2.45) is 0 Å². The SMILES string of the molecule is O=C(c1ccc(CSc2nc3ccccc3[nH]2)cc1)N1CCCCC1. The summed E-state index contributed by atoms with van der Waals surface area (Å²) in [7, 11) is 0. The van der Waals surface area contributed by atoms with Crippen molar-refractivity contribution in [2.45, 2.75) is 30.2 Å². The Bertz CT molecular complexity index is 833. The molecule has 1 N–H and O–H groups in total. The number of H-pyrrole nitrogens is 1. The summed E-state index contributed by atoms with van der Waals surface area (Å²) in [6.45, 7) is 1.78. The summed E-state index contributed by atoms with van der Waals surface area (Å²) in [6.07, 6.45) is 3.48. The smallest absolute Gasteiger partial charge is 0.253 e. The van der Waals surface area contributed by atoms with Crippen LogP contribution in [-0.4, -0.2) is 33.9 Å². The van der Waals surface area contributed by atoms with Gasteiger partial charge in [-0.05, 0) is 49.1 Å². The van der Waals surface area contributed by atoms with Crippen molar-refractivity contribution in [3.05, 3.63) is 59.7 Å². The van der Waals surface area contributed by atoms with E-state index in [0.29, 0.717) is 0 Å². The largest absolute Gasteiger partial charge is 0.339 e. The van der Waals surface area contributed by atoms with Crippen LogP contribution in [0.15, 0.2) is 53.7 Å². The Morgan fingerprint density at radius 2 is 1.80 bits per heavy atom. The number of aromatic amines is 1. The lowest BCUT2D eigenvalue weighted by molar-refractivity contribution is 0.0724. The Kier molecular flexibility index (Phi) is 4.74. The van der Waals surface area contributed by atoms with Crippen LogP contribution in [0.25, 0.3) is 11.0 Å². The third-order valence-corrected chi connectivity index (χ3v) is 5.53. The van der Waals surface area contributed by atoms with Crippen LogP contribution in [0.3, 0.4) is 0 Å². The van der Waals surface area contributed by atoms with E-state index in [1.807, 2.05) is 53.4 Å². The molecule has 4 rings (SSSR count). The number of para-hydroxylation sites is 2. The van der Waals surface area contributed by atoms with Crippen LogP contribution in [0.2, 0.25) is 0 Å². The van der Waals surface area contributed by atoms with E-state index in [1.54, 1.807) is 11.8 Å². The van der Waals surface area contributed by atoms with Gasteiger partial charge in [-0.2, -0.15) is 0 Å². The number of benzene rings is 2. The average Bonchev–Trinajstić information content (AvgIpc) is 3.10. The van der Waals surface area contributed by atoms with Crippen LogP contribution >= 0.6 is 11.8 Å². The van der Waals surface area contributed by atoms with Gasteiger partial charge in [-0.1, -0.05) is 36.0 Å². The van der Waals surface area contributed by atoms with E-state index < -0.39 is 0 Å². The van der Waals surface area contributed by atoms with E-state index in [4.69, 9.17) is 0 Å². The van der Waals surface area contributed by atoms with Crippen molar-refractivity contribution < 1.29 is 4.79 Å². The standard InChI is InChI=1S/C20H21N3OS/c24-19(23-12-4-1-5-13-23)16-10-8-15(9-11-16)14-25-20-21-17-6-2-3-7-18(17)22-20/h2-3,6-11H,1,4-5,12-14H2,(H,21,22). The molecular weight excluding hydrogens is 330 g/mol. The van der Waals surface area contributed by atoms with Gasteiger partial charge >= 0.3 is 0 Å². The van der Waals surface area contributed by atoms with Crippen LogP contribution in [0.4, 0.5) is 0 Å². The van der Waals surface area contributed by atoms with Crippen LogP contribution in [0, 0.1) is 0 Å². The number of imidazole rings is 1. The molecule has 0 bridgehead atoms. The van der Waals surface area contributed by atoms with Crippen molar-refractivity contribution in [3.63, 3.8) is 0 Å². The molecule has 0 aliphatic carbocycles. The van der Waals surface area contributed by atoms with E-state index in [-0.39, 0.29) is 5.91 Å². The number of carbonyl (C=O) groups is 1. The molecule has 5 heteroatoms. The molecule has 1 aliphatic heterocycles.